The van der Waals surface area contributed by atoms with E-state index in [1.54, 1.807) is 6.07 Å². The fourth-order valence-electron chi connectivity index (χ4n) is 2.15. The molecule has 7 nitrogen and oxygen atoms in total. The average Bonchev–Trinajstić information content (AvgIpc) is 2.93. The van der Waals surface area contributed by atoms with Gasteiger partial charge in [0.2, 0.25) is 5.09 Å². The highest BCUT2D eigenvalue weighted by atomic mass is 32.2. The zero-order chi connectivity index (χ0) is 15.0. The number of furan rings is 1. The normalized spacial score (nSPS) is 25.9. The largest absolute Gasteiger partial charge is 0.447 e. The van der Waals surface area contributed by atoms with Gasteiger partial charge in [0.1, 0.15) is 5.76 Å². The van der Waals surface area contributed by atoms with Crippen LogP contribution in [0.2, 0.25) is 0 Å². The summed E-state index contributed by atoms with van der Waals surface area (Å²) in [6, 6.07) is 2.93. The lowest BCUT2D eigenvalue weighted by molar-refractivity contribution is 0.347. The van der Waals surface area contributed by atoms with Crippen molar-refractivity contribution in [2.45, 2.75) is 30.5 Å². The van der Waals surface area contributed by atoms with E-state index in [1.807, 2.05) is 6.92 Å². The van der Waals surface area contributed by atoms with Gasteiger partial charge in [-0.05, 0) is 32.5 Å². The third-order valence-corrected chi connectivity index (χ3v) is 6.55. The summed E-state index contributed by atoms with van der Waals surface area (Å²) < 4.78 is 53.4. The second kappa shape index (κ2) is 5.14. The van der Waals surface area contributed by atoms with E-state index in [-0.39, 0.29) is 23.1 Å². The number of nitrogens with one attached hydrogen (secondary N) is 2. The molecule has 1 atom stereocenters. The second-order valence-corrected chi connectivity index (χ2v) is 9.19. The maximum Gasteiger partial charge on any atom is 0.273 e. The fourth-order valence-corrected chi connectivity index (χ4v) is 4.94. The van der Waals surface area contributed by atoms with Crippen LogP contribution in [-0.4, -0.2) is 40.9 Å². The topological polar surface area (TPSA) is 105 Å². The Morgan fingerprint density at radius 1 is 1.40 bits per heavy atom. The first-order chi connectivity index (χ1) is 9.16. The zero-order valence-electron chi connectivity index (χ0n) is 11.3. The molecule has 0 aromatic carbocycles. The summed E-state index contributed by atoms with van der Waals surface area (Å²) in [7, 11) is -5.26. The van der Waals surface area contributed by atoms with Crippen molar-refractivity contribution in [3.8, 4) is 0 Å². The van der Waals surface area contributed by atoms with Crippen molar-refractivity contribution >= 4 is 19.9 Å². The van der Waals surface area contributed by atoms with Crippen LogP contribution in [0.15, 0.2) is 21.6 Å². The average molecular weight is 322 g/mol. The molecule has 0 amide bonds. The molecule has 0 bridgehead atoms. The van der Waals surface area contributed by atoms with E-state index in [0.717, 1.165) is 0 Å². The Labute approximate surface area is 118 Å². The van der Waals surface area contributed by atoms with Crippen LogP contribution in [0.4, 0.5) is 0 Å². The van der Waals surface area contributed by atoms with Crippen LogP contribution in [0, 0.1) is 0 Å². The van der Waals surface area contributed by atoms with Crippen LogP contribution < -0.4 is 10.0 Å². The van der Waals surface area contributed by atoms with Gasteiger partial charge in [-0.25, -0.2) is 21.6 Å². The van der Waals surface area contributed by atoms with E-state index in [9.17, 15) is 16.8 Å². The summed E-state index contributed by atoms with van der Waals surface area (Å²) in [4.78, 5) is 0. The van der Waals surface area contributed by atoms with E-state index in [4.69, 9.17) is 4.42 Å². The number of sulfonamides is 1. The predicted octanol–water partition coefficient (Wildman–Crippen LogP) is -0.145. The molecule has 1 unspecified atom stereocenters. The highest BCUT2D eigenvalue weighted by Crippen LogP contribution is 2.23. The standard InChI is InChI=1S/C11H18N2O5S2/c1-11(5-6-19(14,15)8-11)13-7-9-3-4-10(18-9)20(16,17)12-2/h3-4,12-13H,5-8H2,1-2H3. The molecule has 9 heteroatoms. The van der Waals surface area contributed by atoms with Crippen LogP contribution >= 0.6 is 0 Å². The van der Waals surface area contributed by atoms with Crippen molar-refractivity contribution < 1.29 is 21.3 Å². The highest BCUT2D eigenvalue weighted by molar-refractivity contribution is 7.91. The Morgan fingerprint density at radius 2 is 2.10 bits per heavy atom. The Hall–Kier alpha value is -0.900. The first-order valence-electron chi connectivity index (χ1n) is 6.14. The Balaban J connectivity index is 2.03. The Kier molecular flexibility index (Phi) is 3.98. The summed E-state index contributed by atoms with van der Waals surface area (Å²) >= 11 is 0. The molecule has 1 aromatic heterocycles. The minimum absolute atomic E-state index is 0.0857. The van der Waals surface area contributed by atoms with Gasteiger partial charge in [0.05, 0.1) is 18.1 Å². The van der Waals surface area contributed by atoms with Gasteiger partial charge in [0, 0.05) is 5.54 Å². The number of sulfone groups is 1. The molecule has 2 N–H and O–H groups in total. The maximum absolute atomic E-state index is 11.5. The van der Waals surface area contributed by atoms with Crippen molar-refractivity contribution in [2.75, 3.05) is 18.6 Å². The summed E-state index contributed by atoms with van der Waals surface area (Å²) in [6.45, 7) is 2.12. The molecule has 1 saturated heterocycles. The van der Waals surface area contributed by atoms with Crippen molar-refractivity contribution in [2.24, 2.45) is 0 Å². The molecule has 20 heavy (non-hydrogen) atoms. The summed E-state index contributed by atoms with van der Waals surface area (Å²) in [6.07, 6.45) is 0.539. The van der Waals surface area contributed by atoms with Gasteiger partial charge >= 0.3 is 0 Å². The van der Waals surface area contributed by atoms with Crippen molar-refractivity contribution in [3.63, 3.8) is 0 Å². The number of hydrogen-bond donors (Lipinski definition) is 2. The molecule has 0 saturated carbocycles. The molecule has 1 aliphatic rings. The maximum atomic E-state index is 11.5. The Bertz CT molecular complexity index is 692. The number of hydrogen-bond acceptors (Lipinski definition) is 6. The smallest absolute Gasteiger partial charge is 0.273 e. The van der Waals surface area contributed by atoms with Crippen LogP contribution in [0.5, 0.6) is 0 Å². The third-order valence-electron chi connectivity index (χ3n) is 3.36. The molecule has 1 fully saturated rings. The van der Waals surface area contributed by atoms with Gasteiger partial charge in [-0.15, -0.1) is 0 Å². The van der Waals surface area contributed by atoms with Gasteiger partial charge in [-0.1, -0.05) is 0 Å². The fraction of sp³-hybridized carbons (Fsp3) is 0.636. The molecule has 2 heterocycles. The predicted molar refractivity (Wildman–Crippen MR) is 73.5 cm³/mol. The molecule has 1 aromatic rings. The minimum atomic E-state index is -3.59. The molecule has 0 aliphatic carbocycles. The monoisotopic (exact) mass is 322 g/mol. The van der Waals surface area contributed by atoms with Crippen LogP contribution in [0.3, 0.4) is 0 Å². The van der Waals surface area contributed by atoms with E-state index in [1.165, 1.54) is 13.1 Å². The van der Waals surface area contributed by atoms with Gasteiger partial charge in [0.25, 0.3) is 10.0 Å². The van der Waals surface area contributed by atoms with E-state index in [2.05, 4.69) is 10.0 Å². The lowest BCUT2D eigenvalue weighted by Gasteiger charge is -2.23. The van der Waals surface area contributed by atoms with Gasteiger partial charge < -0.3 is 9.73 Å². The van der Waals surface area contributed by atoms with Gasteiger partial charge in [-0.2, -0.15) is 0 Å². The molecular weight excluding hydrogens is 304 g/mol. The molecule has 0 spiro atoms. The highest BCUT2D eigenvalue weighted by Gasteiger charge is 2.38. The zero-order valence-corrected chi connectivity index (χ0v) is 13.0. The number of rotatable bonds is 5. The third kappa shape index (κ3) is 3.40. The summed E-state index contributed by atoms with van der Waals surface area (Å²) in [5.74, 6) is 0.709. The van der Waals surface area contributed by atoms with E-state index >= 15 is 0 Å². The van der Waals surface area contributed by atoms with Gasteiger partial charge in [-0.3, -0.25) is 0 Å². The van der Waals surface area contributed by atoms with Crippen LogP contribution in [0.25, 0.3) is 0 Å². The summed E-state index contributed by atoms with van der Waals surface area (Å²) in [5.41, 5.74) is -0.492. The minimum Gasteiger partial charge on any atom is -0.447 e. The van der Waals surface area contributed by atoms with Crippen LogP contribution in [-0.2, 0) is 26.4 Å². The van der Waals surface area contributed by atoms with E-state index in [0.29, 0.717) is 12.2 Å². The first-order valence-corrected chi connectivity index (χ1v) is 9.44. The lowest BCUT2D eigenvalue weighted by Crippen LogP contribution is -2.42. The SMILES string of the molecule is CNS(=O)(=O)c1ccc(CNC2(C)CCS(=O)(=O)C2)o1. The molecule has 1 aliphatic heterocycles. The van der Waals surface area contributed by atoms with Crippen molar-refractivity contribution in [1.82, 2.24) is 10.0 Å². The molecule has 2 rings (SSSR count). The Morgan fingerprint density at radius 3 is 2.65 bits per heavy atom. The van der Waals surface area contributed by atoms with Crippen molar-refractivity contribution in [3.05, 3.63) is 17.9 Å². The lowest BCUT2D eigenvalue weighted by atomic mass is 10.0. The second-order valence-electron chi connectivity index (χ2n) is 5.18. The quantitative estimate of drug-likeness (QED) is 0.781. The molecule has 114 valence electrons. The molecular formula is C11H18N2O5S2. The van der Waals surface area contributed by atoms with Gasteiger partial charge in [0.15, 0.2) is 9.84 Å². The molecule has 0 radical (unpaired) electrons. The summed E-state index contributed by atoms with van der Waals surface area (Å²) in [5, 5.41) is 2.97. The van der Waals surface area contributed by atoms with Crippen molar-refractivity contribution in [1.29, 1.82) is 0 Å². The van der Waals surface area contributed by atoms with Crippen LogP contribution in [0.1, 0.15) is 19.1 Å². The first kappa shape index (κ1) is 15.5. The van der Waals surface area contributed by atoms with E-state index < -0.39 is 25.4 Å².